The largest absolute Gasteiger partial charge is 0.494 e. The summed E-state index contributed by atoms with van der Waals surface area (Å²) in [5, 5.41) is 33.5. The van der Waals surface area contributed by atoms with Gasteiger partial charge in [0.15, 0.2) is 0 Å². The van der Waals surface area contributed by atoms with Crippen molar-refractivity contribution >= 4 is 11.6 Å². The molecule has 0 radical (unpaired) electrons. The lowest BCUT2D eigenvalue weighted by atomic mass is 9.83. The zero-order chi connectivity index (χ0) is 27.4. The molecule has 0 aromatic heterocycles. The lowest BCUT2D eigenvalue weighted by Crippen LogP contribution is -2.66. The number of aliphatic hydroxyl groups excluding tert-OH is 3. The van der Waals surface area contributed by atoms with Crippen LogP contribution in [0.1, 0.15) is 29.7 Å². The van der Waals surface area contributed by atoms with E-state index in [0.717, 1.165) is 30.0 Å². The van der Waals surface area contributed by atoms with Crippen molar-refractivity contribution in [3.05, 3.63) is 64.2 Å². The fourth-order valence-electron chi connectivity index (χ4n) is 5.55. The molecule has 9 nitrogen and oxygen atoms in total. The summed E-state index contributed by atoms with van der Waals surface area (Å²) >= 11 is 6.54. The predicted octanol–water partition coefficient (Wildman–Crippen LogP) is 1.97. The summed E-state index contributed by atoms with van der Waals surface area (Å²) in [5.41, 5.74) is 1.20. The van der Waals surface area contributed by atoms with Crippen molar-refractivity contribution in [3.8, 4) is 5.75 Å². The average Bonchev–Trinajstić information content (AvgIpc) is 2.94. The molecule has 214 valence electrons. The highest BCUT2D eigenvalue weighted by molar-refractivity contribution is 6.31. The van der Waals surface area contributed by atoms with Crippen LogP contribution in [0.15, 0.2) is 42.5 Å². The van der Waals surface area contributed by atoms with E-state index in [0.29, 0.717) is 50.0 Å². The quantitative estimate of drug-likeness (QED) is 0.486. The molecule has 2 aromatic carbocycles. The third-order valence-electron chi connectivity index (χ3n) is 7.79. The summed E-state index contributed by atoms with van der Waals surface area (Å²) in [6.07, 6.45) is -4.54. The summed E-state index contributed by atoms with van der Waals surface area (Å²) in [6.45, 7) is 6.34. The highest BCUT2D eigenvalue weighted by Gasteiger charge is 2.55. The van der Waals surface area contributed by atoms with E-state index < -0.39 is 30.0 Å². The first kappa shape index (κ1) is 28.7. The topological polar surface area (TPSA) is 110 Å². The fourth-order valence-corrected chi connectivity index (χ4v) is 5.73. The number of rotatable bonds is 6. The van der Waals surface area contributed by atoms with Crippen molar-refractivity contribution in [3.63, 3.8) is 0 Å². The van der Waals surface area contributed by atoms with Crippen LogP contribution in [0.2, 0.25) is 5.02 Å². The molecular formula is C29H38ClNO8. The third-order valence-corrected chi connectivity index (χ3v) is 8.16. The first-order valence-corrected chi connectivity index (χ1v) is 14.0. The Labute approximate surface area is 234 Å². The van der Waals surface area contributed by atoms with Gasteiger partial charge in [-0.05, 0) is 48.2 Å². The molecule has 5 rings (SSSR count). The number of nitrogens with zero attached hydrogens (tertiary/aromatic N) is 1. The number of morpholine rings is 1. The van der Waals surface area contributed by atoms with E-state index in [1.807, 2.05) is 37.3 Å². The maximum Gasteiger partial charge on any atom is 0.144 e. The Kier molecular flexibility index (Phi) is 9.43. The van der Waals surface area contributed by atoms with Gasteiger partial charge >= 0.3 is 0 Å². The summed E-state index contributed by atoms with van der Waals surface area (Å²) in [5.74, 6) is 0.803. The van der Waals surface area contributed by atoms with E-state index in [9.17, 15) is 15.3 Å². The van der Waals surface area contributed by atoms with E-state index in [1.165, 1.54) is 0 Å². The molecule has 3 aliphatic rings. The summed E-state index contributed by atoms with van der Waals surface area (Å²) in [7, 11) is 0. The van der Waals surface area contributed by atoms with Crippen LogP contribution in [0.3, 0.4) is 0 Å². The second-order valence-electron chi connectivity index (χ2n) is 10.5. The molecule has 3 heterocycles. The average molecular weight is 564 g/mol. The van der Waals surface area contributed by atoms with Gasteiger partial charge in [-0.3, -0.25) is 4.90 Å². The molecule has 3 aliphatic heterocycles. The SMILES string of the molecule is CCOc1ccc(Cc2cc([C@@H]3OC4(COCC(N5CCOCC5)COC4)[C@@H](O)[C@H](O)[C@H]3O)ccc2Cl)cc1. The number of ether oxygens (including phenoxy) is 5. The van der Waals surface area contributed by atoms with Crippen LogP contribution < -0.4 is 4.74 Å². The van der Waals surface area contributed by atoms with Crippen LogP contribution in [0.5, 0.6) is 5.75 Å². The van der Waals surface area contributed by atoms with Crippen LogP contribution in [0, 0.1) is 0 Å². The number of hydrogen-bond acceptors (Lipinski definition) is 9. The molecule has 3 saturated heterocycles. The number of aliphatic hydroxyl groups is 3. The Morgan fingerprint density at radius 3 is 2.31 bits per heavy atom. The smallest absolute Gasteiger partial charge is 0.144 e. The fraction of sp³-hybridized carbons (Fsp3) is 0.586. The van der Waals surface area contributed by atoms with E-state index >= 15 is 0 Å². The molecular weight excluding hydrogens is 526 g/mol. The number of halogens is 1. The second kappa shape index (κ2) is 12.8. The van der Waals surface area contributed by atoms with Gasteiger partial charge in [0.1, 0.15) is 35.8 Å². The summed E-state index contributed by atoms with van der Waals surface area (Å²) < 4.78 is 29.5. The Bertz CT molecular complexity index is 1070. The zero-order valence-electron chi connectivity index (χ0n) is 22.2. The molecule has 0 unspecified atom stereocenters. The number of benzene rings is 2. The van der Waals surface area contributed by atoms with Crippen molar-refractivity contribution in [1.82, 2.24) is 4.90 Å². The van der Waals surface area contributed by atoms with Crippen LogP contribution in [0.4, 0.5) is 0 Å². The van der Waals surface area contributed by atoms with Crippen molar-refractivity contribution < 1.29 is 39.0 Å². The summed E-state index contributed by atoms with van der Waals surface area (Å²) in [4.78, 5) is 2.28. The standard InChI is InChI=1S/C29H38ClNO8/c1-2-38-23-6-3-19(4-7-23)13-21-14-20(5-8-24(21)30)27-25(32)26(33)28(34)29(39-27)17-36-15-22(16-37-18-29)31-9-11-35-12-10-31/h3-8,14,22,25-28,32-34H,2,9-13,15-18H2,1H3/t22?,25-,26-,27+,28+,29?/m1/s1. The van der Waals surface area contributed by atoms with E-state index in [-0.39, 0.29) is 19.3 Å². The Balaban J connectivity index is 1.32. The minimum absolute atomic E-state index is 0.0158. The molecule has 2 aromatic rings. The van der Waals surface area contributed by atoms with Crippen molar-refractivity contribution in [2.45, 2.75) is 49.4 Å². The van der Waals surface area contributed by atoms with Crippen LogP contribution in [0.25, 0.3) is 0 Å². The Hall–Kier alpha value is -1.79. The predicted molar refractivity (Wildman–Crippen MR) is 144 cm³/mol. The minimum atomic E-state index is -1.45. The highest BCUT2D eigenvalue weighted by Crippen LogP contribution is 2.40. The highest BCUT2D eigenvalue weighted by atomic mass is 35.5. The van der Waals surface area contributed by atoms with Gasteiger partial charge < -0.3 is 39.0 Å². The minimum Gasteiger partial charge on any atom is -0.494 e. The lowest BCUT2D eigenvalue weighted by molar-refractivity contribution is -0.302. The first-order valence-electron chi connectivity index (χ1n) is 13.6. The molecule has 3 fully saturated rings. The molecule has 0 saturated carbocycles. The van der Waals surface area contributed by atoms with Gasteiger partial charge in [-0.1, -0.05) is 35.9 Å². The maximum absolute atomic E-state index is 11.0. The van der Waals surface area contributed by atoms with Gasteiger partial charge in [-0.2, -0.15) is 0 Å². The van der Waals surface area contributed by atoms with E-state index in [1.54, 1.807) is 12.1 Å². The molecule has 3 N–H and O–H groups in total. The molecule has 0 aliphatic carbocycles. The van der Waals surface area contributed by atoms with Gasteiger partial charge in [0, 0.05) is 18.1 Å². The first-order chi connectivity index (χ1) is 18.9. The zero-order valence-corrected chi connectivity index (χ0v) is 23.0. The van der Waals surface area contributed by atoms with Gasteiger partial charge in [-0.15, -0.1) is 0 Å². The van der Waals surface area contributed by atoms with Crippen LogP contribution >= 0.6 is 11.6 Å². The molecule has 10 heteroatoms. The molecule has 0 bridgehead atoms. The Morgan fingerprint density at radius 1 is 0.949 bits per heavy atom. The third kappa shape index (κ3) is 6.43. The van der Waals surface area contributed by atoms with Crippen LogP contribution in [-0.2, 0) is 25.4 Å². The summed E-state index contributed by atoms with van der Waals surface area (Å²) in [6, 6.07) is 13.3. The van der Waals surface area contributed by atoms with Crippen molar-refractivity contribution in [2.24, 2.45) is 0 Å². The van der Waals surface area contributed by atoms with Gasteiger partial charge in [-0.25, -0.2) is 0 Å². The van der Waals surface area contributed by atoms with E-state index in [2.05, 4.69) is 4.90 Å². The molecule has 39 heavy (non-hydrogen) atoms. The Morgan fingerprint density at radius 2 is 1.64 bits per heavy atom. The molecule has 4 atom stereocenters. The van der Waals surface area contributed by atoms with Gasteiger partial charge in [0.2, 0.25) is 0 Å². The van der Waals surface area contributed by atoms with Crippen LogP contribution in [-0.4, -0.2) is 110 Å². The second-order valence-corrected chi connectivity index (χ2v) is 10.9. The van der Waals surface area contributed by atoms with Gasteiger partial charge in [0.05, 0.1) is 52.3 Å². The monoisotopic (exact) mass is 563 g/mol. The van der Waals surface area contributed by atoms with Crippen molar-refractivity contribution in [2.75, 3.05) is 59.3 Å². The normalized spacial score (nSPS) is 32.5. The lowest BCUT2D eigenvalue weighted by Gasteiger charge is -2.50. The number of hydrogen-bond donors (Lipinski definition) is 3. The maximum atomic E-state index is 11.0. The van der Waals surface area contributed by atoms with Crippen molar-refractivity contribution in [1.29, 1.82) is 0 Å². The molecule has 1 spiro atoms. The molecule has 0 amide bonds. The van der Waals surface area contributed by atoms with E-state index in [4.69, 9.17) is 35.3 Å². The van der Waals surface area contributed by atoms with Gasteiger partial charge in [0.25, 0.3) is 0 Å².